The predicted octanol–water partition coefficient (Wildman–Crippen LogP) is 2.54. The van der Waals surface area contributed by atoms with E-state index in [0.29, 0.717) is 6.54 Å². The number of nitrogens with zero attached hydrogens (tertiary/aromatic N) is 3. The van der Waals surface area contributed by atoms with Gasteiger partial charge in [0, 0.05) is 23.6 Å². The molecule has 20 heavy (non-hydrogen) atoms. The fraction of sp³-hybridized carbons (Fsp3) is 0.375. The number of hydrogen-bond donors (Lipinski definition) is 0. The van der Waals surface area contributed by atoms with E-state index in [-0.39, 0.29) is 5.78 Å². The Bertz CT molecular complexity index is 554. The summed E-state index contributed by atoms with van der Waals surface area (Å²) < 4.78 is 1.93. The summed E-state index contributed by atoms with van der Waals surface area (Å²) in [7, 11) is 0. The first-order valence-corrected chi connectivity index (χ1v) is 7.17. The van der Waals surface area contributed by atoms with Gasteiger partial charge in [0.1, 0.15) is 0 Å². The molecule has 1 aliphatic rings. The molecule has 0 saturated carbocycles. The Hall–Kier alpha value is -1.94. The zero-order chi connectivity index (χ0) is 13.8. The summed E-state index contributed by atoms with van der Waals surface area (Å²) >= 11 is 0. The van der Waals surface area contributed by atoms with Crippen molar-refractivity contribution < 1.29 is 4.79 Å². The number of ketones is 1. The lowest BCUT2D eigenvalue weighted by molar-refractivity contribution is 0.0915. The Kier molecular flexibility index (Phi) is 3.92. The van der Waals surface area contributed by atoms with Crippen LogP contribution in [0.2, 0.25) is 0 Å². The highest BCUT2D eigenvalue weighted by molar-refractivity contribution is 5.97. The second-order valence-electron chi connectivity index (χ2n) is 5.28. The molecule has 0 atom stereocenters. The van der Waals surface area contributed by atoms with Crippen molar-refractivity contribution in [2.24, 2.45) is 0 Å². The number of aromatic nitrogens is 2. The summed E-state index contributed by atoms with van der Waals surface area (Å²) in [5.74, 6) is 0.212. The number of piperidine rings is 1. The van der Waals surface area contributed by atoms with Crippen molar-refractivity contribution in [1.29, 1.82) is 0 Å². The van der Waals surface area contributed by atoms with Crippen molar-refractivity contribution in [1.82, 2.24) is 14.5 Å². The minimum Gasteiger partial charge on any atom is -0.306 e. The molecule has 1 aromatic heterocycles. The van der Waals surface area contributed by atoms with Crippen LogP contribution in [0.15, 0.2) is 43.0 Å². The zero-order valence-corrected chi connectivity index (χ0v) is 11.5. The maximum Gasteiger partial charge on any atom is 0.176 e. The van der Waals surface area contributed by atoms with Gasteiger partial charge < -0.3 is 4.57 Å². The highest BCUT2D eigenvalue weighted by atomic mass is 16.1. The molecule has 104 valence electrons. The topological polar surface area (TPSA) is 38.1 Å². The van der Waals surface area contributed by atoms with Gasteiger partial charge in [-0.1, -0.05) is 6.42 Å². The molecule has 0 unspecified atom stereocenters. The molecular formula is C16H19N3O. The average Bonchev–Trinajstić information content (AvgIpc) is 3.03. The molecule has 0 aliphatic carbocycles. The van der Waals surface area contributed by atoms with Gasteiger partial charge in [-0.3, -0.25) is 9.69 Å². The Morgan fingerprint density at radius 1 is 1.10 bits per heavy atom. The van der Waals surface area contributed by atoms with Gasteiger partial charge >= 0.3 is 0 Å². The molecule has 0 spiro atoms. The van der Waals surface area contributed by atoms with Gasteiger partial charge in [-0.25, -0.2) is 4.98 Å². The summed E-state index contributed by atoms with van der Waals surface area (Å²) in [6.07, 6.45) is 9.12. The number of likely N-dealkylation sites (tertiary alicyclic amines) is 1. The van der Waals surface area contributed by atoms with E-state index < -0.39 is 0 Å². The van der Waals surface area contributed by atoms with Crippen LogP contribution in [0.3, 0.4) is 0 Å². The first-order chi connectivity index (χ1) is 9.83. The van der Waals surface area contributed by atoms with Crippen molar-refractivity contribution in [3.63, 3.8) is 0 Å². The molecule has 0 bridgehead atoms. The Morgan fingerprint density at radius 3 is 2.50 bits per heavy atom. The number of carbonyl (C=O) groups is 1. The molecule has 0 amide bonds. The molecule has 1 aliphatic heterocycles. The van der Waals surface area contributed by atoms with Crippen LogP contribution in [0.1, 0.15) is 29.6 Å². The van der Waals surface area contributed by atoms with Gasteiger partial charge in [-0.15, -0.1) is 0 Å². The number of benzene rings is 1. The fourth-order valence-corrected chi connectivity index (χ4v) is 2.64. The first kappa shape index (κ1) is 13.1. The third-order valence-corrected chi connectivity index (χ3v) is 3.81. The Morgan fingerprint density at radius 2 is 1.85 bits per heavy atom. The Labute approximate surface area is 119 Å². The van der Waals surface area contributed by atoms with Crippen LogP contribution >= 0.6 is 0 Å². The molecule has 1 saturated heterocycles. The SMILES string of the molecule is O=C(CN1CCCCC1)c1ccc(-n2ccnc2)cc1. The number of hydrogen-bond acceptors (Lipinski definition) is 3. The van der Waals surface area contributed by atoms with Crippen molar-refractivity contribution >= 4 is 5.78 Å². The van der Waals surface area contributed by atoms with Crippen LogP contribution in [0.25, 0.3) is 5.69 Å². The van der Waals surface area contributed by atoms with E-state index in [1.165, 1.54) is 19.3 Å². The molecule has 3 rings (SSSR count). The molecule has 4 heteroatoms. The van der Waals surface area contributed by atoms with Gasteiger partial charge in [-0.05, 0) is 50.2 Å². The molecule has 1 aromatic carbocycles. The van der Waals surface area contributed by atoms with Crippen LogP contribution in [-0.4, -0.2) is 39.9 Å². The van der Waals surface area contributed by atoms with Crippen LogP contribution in [0.5, 0.6) is 0 Å². The Balaban J connectivity index is 1.66. The maximum atomic E-state index is 12.2. The lowest BCUT2D eigenvalue weighted by atomic mass is 10.1. The van der Waals surface area contributed by atoms with E-state index in [1.807, 2.05) is 35.0 Å². The first-order valence-electron chi connectivity index (χ1n) is 7.17. The van der Waals surface area contributed by atoms with Crippen molar-refractivity contribution in [3.05, 3.63) is 48.5 Å². The molecular weight excluding hydrogens is 250 g/mol. The zero-order valence-electron chi connectivity index (χ0n) is 11.5. The summed E-state index contributed by atoms with van der Waals surface area (Å²) in [5, 5.41) is 0. The number of Topliss-reactive ketones (excluding diaryl/α,β-unsaturated/α-hetero) is 1. The van der Waals surface area contributed by atoms with Crippen LogP contribution < -0.4 is 0 Å². The van der Waals surface area contributed by atoms with Crippen LogP contribution in [0, 0.1) is 0 Å². The van der Waals surface area contributed by atoms with Gasteiger partial charge in [0.15, 0.2) is 5.78 Å². The van der Waals surface area contributed by atoms with Crippen molar-refractivity contribution in [2.45, 2.75) is 19.3 Å². The van der Waals surface area contributed by atoms with E-state index in [2.05, 4.69) is 9.88 Å². The van der Waals surface area contributed by atoms with E-state index in [9.17, 15) is 4.79 Å². The third kappa shape index (κ3) is 2.96. The fourth-order valence-electron chi connectivity index (χ4n) is 2.64. The highest BCUT2D eigenvalue weighted by Gasteiger charge is 2.15. The lowest BCUT2D eigenvalue weighted by Gasteiger charge is -2.25. The summed E-state index contributed by atoms with van der Waals surface area (Å²) in [6.45, 7) is 2.65. The average molecular weight is 269 g/mol. The van der Waals surface area contributed by atoms with Crippen molar-refractivity contribution in [2.75, 3.05) is 19.6 Å². The largest absolute Gasteiger partial charge is 0.306 e. The summed E-state index contributed by atoms with van der Waals surface area (Å²) in [6, 6.07) is 7.74. The normalized spacial score (nSPS) is 16.2. The minimum absolute atomic E-state index is 0.212. The van der Waals surface area contributed by atoms with Crippen LogP contribution in [-0.2, 0) is 0 Å². The van der Waals surface area contributed by atoms with Crippen LogP contribution in [0.4, 0.5) is 0 Å². The highest BCUT2D eigenvalue weighted by Crippen LogP contribution is 2.12. The molecule has 1 fully saturated rings. The molecule has 4 nitrogen and oxygen atoms in total. The second kappa shape index (κ2) is 6.01. The predicted molar refractivity (Wildman–Crippen MR) is 78.2 cm³/mol. The third-order valence-electron chi connectivity index (χ3n) is 3.81. The van der Waals surface area contributed by atoms with Gasteiger partial charge in [0.2, 0.25) is 0 Å². The van der Waals surface area contributed by atoms with Gasteiger partial charge in [0.05, 0.1) is 12.9 Å². The summed E-state index contributed by atoms with van der Waals surface area (Å²) in [4.78, 5) is 18.5. The van der Waals surface area contributed by atoms with E-state index >= 15 is 0 Å². The molecule has 2 aromatic rings. The van der Waals surface area contributed by atoms with Gasteiger partial charge in [0.25, 0.3) is 0 Å². The minimum atomic E-state index is 0.212. The maximum absolute atomic E-state index is 12.2. The number of imidazole rings is 1. The number of rotatable bonds is 4. The van der Waals surface area contributed by atoms with E-state index in [1.54, 1.807) is 12.5 Å². The summed E-state index contributed by atoms with van der Waals surface area (Å²) in [5.41, 5.74) is 1.82. The lowest BCUT2D eigenvalue weighted by Crippen LogP contribution is -2.34. The molecule has 0 N–H and O–H groups in total. The standard InChI is InChI=1S/C16H19N3O/c20-16(12-18-9-2-1-3-10-18)14-4-6-15(7-5-14)19-11-8-17-13-19/h4-8,11,13H,1-3,9-10,12H2. The number of carbonyl (C=O) groups excluding carboxylic acids is 1. The van der Waals surface area contributed by atoms with E-state index in [4.69, 9.17) is 0 Å². The quantitative estimate of drug-likeness (QED) is 0.801. The van der Waals surface area contributed by atoms with Gasteiger partial charge in [-0.2, -0.15) is 0 Å². The second-order valence-corrected chi connectivity index (χ2v) is 5.28. The van der Waals surface area contributed by atoms with Crippen molar-refractivity contribution in [3.8, 4) is 5.69 Å². The molecule has 2 heterocycles. The monoisotopic (exact) mass is 269 g/mol. The molecule has 0 radical (unpaired) electrons. The smallest absolute Gasteiger partial charge is 0.176 e. The van der Waals surface area contributed by atoms with E-state index in [0.717, 1.165) is 24.3 Å².